The van der Waals surface area contributed by atoms with Crippen molar-refractivity contribution in [2.75, 3.05) is 57.4 Å². The maximum absolute atomic E-state index is 11.6. The number of nitrogens with one attached hydrogen (secondary N) is 1. The molecule has 0 saturated carbocycles. The predicted molar refractivity (Wildman–Crippen MR) is 99.7 cm³/mol. The van der Waals surface area contributed by atoms with Gasteiger partial charge in [0.05, 0.1) is 24.7 Å². The summed E-state index contributed by atoms with van der Waals surface area (Å²) in [5.74, 6) is 1.73. The molecule has 0 aliphatic carbocycles. The van der Waals surface area contributed by atoms with E-state index in [4.69, 9.17) is 9.73 Å². The molecule has 0 amide bonds. The smallest absolute Gasteiger partial charge is 0.194 e. The number of sulfone groups is 1. The largest absolute Gasteiger partial charge is 0.379 e. The zero-order valence-corrected chi connectivity index (χ0v) is 16.3. The molecule has 0 aromatic carbocycles. The second-order valence-corrected chi connectivity index (χ2v) is 10.00. The maximum Gasteiger partial charge on any atom is 0.194 e. The summed E-state index contributed by atoms with van der Waals surface area (Å²) in [5.41, 5.74) is 0. The summed E-state index contributed by atoms with van der Waals surface area (Å²) >= 11 is 0. The number of rotatable bonds is 4. The van der Waals surface area contributed by atoms with Crippen molar-refractivity contribution in [3.05, 3.63) is 0 Å². The average Bonchev–Trinajstić information content (AvgIpc) is 3.18. The Bertz CT molecular complexity index is 572. The molecule has 3 fully saturated rings. The first-order chi connectivity index (χ1) is 11.9. The Morgan fingerprint density at radius 3 is 2.64 bits per heavy atom. The summed E-state index contributed by atoms with van der Waals surface area (Å²) < 4.78 is 28.8. The van der Waals surface area contributed by atoms with E-state index in [1.807, 2.05) is 0 Å². The molecule has 3 aliphatic heterocycles. The number of hydrogen-bond acceptors (Lipinski definition) is 5. The van der Waals surface area contributed by atoms with Crippen LogP contribution in [0, 0.1) is 5.92 Å². The maximum atomic E-state index is 11.6. The summed E-state index contributed by atoms with van der Waals surface area (Å²) in [6, 6.07) is 0.878. The van der Waals surface area contributed by atoms with Gasteiger partial charge in [-0.25, -0.2) is 8.42 Å². The Balaban J connectivity index is 1.59. The van der Waals surface area contributed by atoms with Crippen molar-refractivity contribution < 1.29 is 13.2 Å². The minimum absolute atomic E-state index is 0.173. The third kappa shape index (κ3) is 5.31. The van der Waals surface area contributed by atoms with Gasteiger partial charge >= 0.3 is 0 Å². The molecule has 0 aromatic rings. The molecular formula is C17H32N4O3S. The predicted octanol–water partition coefficient (Wildman–Crippen LogP) is 0.182. The van der Waals surface area contributed by atoms with E-state index in [1.54, 1.807) is 0 Å². The fourth-order valence-electron chi connectivity index (χ4n) is 3.90. The van der Waals surface area contributed by atoms with Gasteiger partial charge in [-0.2, -0.15) is 0 Å². The zero-order valence-electron chi connectivity index (χ0n) is 15.5. The summed E-state index contributed by atoms with van der Waals surface area (Å²) in [4.78, 5) is 9.66. The number of likely N-dealkylation sites (tertiary alicyclic amines) is 1. The monoisotopic (exact) mass is 372 g/mol. The highest BCUT2D eigenvalue weighted by atomic mass is 32.2. The average molecular weight is 373 g/mol. The Morgan fingerprint density at radius 1 is 1.24 bits per heavy atom. The number of ether oxygens (including phenoxy) is 1. The minimum atomic E-state index is -2.83. The molecule has 0 radical (unpaired) electrons. The molecule has 2 unspecified atom stereocenters. The fraction of sp³-hybridized carbons (Fsp3) is 0.941. The van der Waals surface area contributed by atoms with Crippen molar-refractivity contribution in [3.63, 3.8) is 0 Å². The van der Waals surface area contributed by atoms with Crippen LogP contribution in [0.1, 0.15) is 26.7 Å². The van der Waals surface area contributed by atoms with Crippen LogP contribution >= 0.6 is 0 Å². The molecule has 3 aliphatic rings. The Morgan fingerprint density at radius 2 is 2.00 bits per heavy atom. The van der Waals surface area contributed by atoms with Crippen LogP contribution < -0.4 is 5.32 Å². The Hall–Kier alpha value is -0.860. The van der Waals surface area contributed by atoms with Crippen LogP contribution in [0.3, 0.4) is 0 Å². The highest BCUT2D eigenvalue weighted by Crippen LogP contribution is 2.20. The van der Waals surface area contributed by atoms with E-state index >= 15 is 0 Å². The van der Waals surface area contributed by atoms with Crippen molar-refractivity contribution in [1.82, 2.24) is 15.1 Å². The van der Waals surface area contributed by atoms with Crippen molar-refractivity contribution in [3.8, 4) is 0 Å². The lowest BCUT2D eigenvalue weighted by atomic mass is 10.1. The molecule has 0 aromatic heterocycles. The summed E-state index contributed by atoms with van der Waals surface area (Å²) in [7, 11) is -2.83. The van der Waals surface area contributed by atoms with Gasteiger partial charge in [0.2, 0.25) is 0 Å². The minimum Gasteiger partial charge on any atom is -0.379 e. The van der Waals surface area contributed by atoms with E-state index in [1.165, 1.54) is 0 Å². The number of morpholine rings is 1. The first-order valence-corrected chi connectivity index (χ1v) is 11.3. The van der Waals surface area contributed by atoms with E-state index in [2.05, 4.69) is 29.0 Å². The van der Waals surface area contributed by atoms with Crippen molar-refractivity contribution in [2.45, 2.75) is 38.8 Å². The summed E-state index contributed by atoms with van der Waals surface area (Å²) in [5, 5.41) is 3.47. The first kappa shape index (κ1) is 18.9. The molecule has 144 valence electrons. The van der Waals surface area contributed by atoms with Gasteiger partial charge in [0.25, 0.3) is 0 Å². The number of guanidine groups is 1. The van der Waals surface area contributed by atoms with Gasteiger partial charge < -0.3 is 15.0 Å². The van der Waals surface area contributed by atoms with Gasteiger partial charge in [0, 0.05) is 44.8 Å². The van der Waals surface area contributed by atoms with Crippen LogP contribution in [-0.4, -0.2) is 93.7 Å². The molecule has 25 heavy (non-hydrogen) atoms. The molecule has 2 atom stereocenters. The lowest BCUT2D eigenvalue weighted by Crippen LogP contribution is -2.47. The lowest BCUT2D eigenvalue weighted by molar-refractivity contribution is 0.0194. The molecular weight excluding hydrogens is 340 g/mol. The molecule has 0 bridgehead atoms. The van der Waals surface area contributed by atoms with Crippen LogP contribution in [0.5, 0.6) is 0 Å². The van der Waals surface area contributed by atoms with E-state index in [0.717, 1.165) is 58.2 Å². The molecule has 0 spiro atoms. The van der Waals surface area contributed by atoms with Gasteiger partial charge in [-0.15, -0.1) is 0 Å². The number of hydrogen-bond donors (Lipinski definition) is 1. The molecule has 3 rings (SSSR count). The molecule has 8 heteroatoms. The van der Waals surface area contributed by atoms with E-state index < -0.39 is 9.84 Å². The van der Waals surface area contributed by atoms with Gasteiger partial charge in [-0.05, 0) is 32.6 Å². The van der Waals surface area contributed by atoms with Crippen LogP contribution in [0.15, 0.2) is 4.99 Å². The second kappa shape index (κ2) is 8.22. The normalized spacial score (nSPS) is 31.0. The molecule has 1 N–H and O–H groups in total. The van der Waals surface area contributed by atoms with E-state index in [-0.39, 0.29) is 5.92 Å². The van der Waals surface area contributed by atoms with Gasteiger partial charge in [-0.1, -0.05) is 0 Å². The van der Waals surface area contributed by atoms with Crippen LogP contribution in [0.4, 0.5) is 0 Å². The van der Waals surface area contributed by atoms with Crippen molar-refractivity contribution in [2.24, 2.45) is 10.9 Å². The summed E-state index contributed by atoms with van der Waals surface area (Å²) in [6.07, 6.45) is 1.90. The molecule has 7 nitrogen and oxygen atoms in total. The van der Waals surface area contributed by atoms with Crippen molar-refractivity contribution in [1.29, 1.82) is 0 Å². The Kier molecular flexibility index (Phi) is 6.22. The Labute approximate surface area is 151 Å². The van der Waals surface area contributed by atoms with Gasteiger partial charge in [-0.3, -0.25) is 9.89 Å². The fourth-order valence-corrected chi connectivity index (χ4v) is 5.75. The molecule has 3 heterocycles. The van der Waals surface area contributed by atoms with Crippen molar-refractivity contribution >= 4 is 15.8 Å². The topological polar surface area (TPSA) is 74.2 Å². The lowest BCUT2D eigenvalue weighted by Gasteiger charge is -2.32. The summed E-state index contributed by atoms with van der Waals surface area (Å²) in [6.45, 7) is 10.5. The SMILES string of the molecule is CC(C)NC(=NCC1CCS(=O)(=O)C1)N1CCC(N2CCOCC2)C1. The third-order valence-corrected chi connectivity index (χ3v) is 7.11. The standard InChI is InChI=1S/C17H32N4O3S/c1-14(2)19-17(18-11-15-4-10-25(22,23)13-15)21-5-3-16(12-21)20-6-8-24-9-7-20/h14-16H,3-13H2,1-2H3,(H,18,19). The van der Waals surface area contributed by atoms with Gasteiger partial charge in [0.1, 0.15) is 0 Å². The second-order valence-electron chi connectivity index (χ2n) is 7.77. The van der Waals surface area contributed by atoms with Crippen LogP contribution in [0.25, 0.3) is 0 Å². The zero-order chi connectivity index (χ0) is 17.9. The quantitative estimate of drug-likeness (QED) is 0.561. The molecule has 3 saturated heterocycles. The first-order valence-electron chi connectivity index (χ1n) is 9.51. The van der Waals surface area contributed by atoms with Crippen LogP contribution in [-0.2, 0) is 14.6 Å². The van der Waals surface area contributed by atoms with E-state index in [9.17, 15) is 8.42 Å². The highest BCUT2D eigenvalue weighted by molar-refractivity contribution is 7.91. The van der Waals surface area contributed by atoms with Gasteiger partial charge in [0.15, 0.2) is 15.8 Å². The highest BCUT2D eigenvalue weighted by Gasteiger charge is 2.31. The number of aliphatic imine (C=N–C) groups is 1. The third-order valence-electron chi connectivity index (χ3n) is 5.27. The van der Waals surface area contributed by atoms with E-state index in [0.29, 0.717) is 30.1 Å². The number of nitrogens with zero attached hydrogens (tertiary/aromatic N) is 3. The van der Waals surface area contributed by atoms with Crippen LogP contribution in [0.2, 0.25) is 0 Å².